The Kier molecular flexibility index (Phi) is 3.98. The van der Waals surface area contributed by atoms with Gasteiger partial charge in [-0.3, -0.25) is 4.79 Å². The zero-order valence-corrected chi connectivity index (χ0v) is 13.4. The number of hydrogen-bond acceptors (Lipinski definition) is 3. The van der Waals surface area contributed by atoms with E-state index in [1.54, 1.807) is 7.11 Å². The Balaban J connectivity index is 1.82. The van der Waals surface area contributed by atoms with E-state index in [4.69, 9.17) is 4.74 Å². The third kappa shape index (κ3) is 2.42. The number of carbonyl (C=O) groups is 1. The summed E-state index contributed by atoms with van der Waals surface area (Å²) in [6.07, 6.45) is 0.505. The molecule has 3 nitrogen and oxygen atoms in total. The molecule has 0 spiro atoms. The zero-order valence-electron chi connectivity index (χ0n) is 12.6. The van der Waals surface area contributed by atoms with E-state index >= 15 is 0 Å². The molecule has 0 amide bonds. The van der Waals surface area contributed by atoms with Crippen LogP contribution in [0.1, 0.15) is 24.8 Å². The smallest absolute Gasteiger partial charge is 0.165 e. The molecule has 1 aliphatic rings. The quantitative estimate of drug-likeness (QED) is 0.869. The number of carbonyl (C=O) groups excluding carboxylic acids is 1. The molecule has 0 N–H and O–H groups in total. The highest BCUT2D eigenvalue weighted by molar-refractivity contribution is 7.85. The van der Waals surface area contributed by atoms with Crippen LogP contribution in [0.4, 0.5) is 0 Å². The van der Waals surface area contributed by atoms with Crippen LogP contribution in [0.3, 0.4) is 0 Å². The minimum Gasteiger partial charge on any atom is -0.370 e. The average molecular weight is 314 g/mol. The van der Waals surface area contributed by atoms with Crippen molar-refractivity contribution in [3.63, 3.8) is 0 Å². The van der Waals surface area contributed by atoms with E-state index in [1.807, 2.05) is 61.5 Å². The molecule has 4 heteroatoms. The van der Waals surface area contributed by atoms with Gasteiger partial charge in [-0.15, -0.1) is 0 Å². The molecule has 2 aromatic carbocycles. The first kappa shape index (κ1) is 15.1. The predicted octanol–water partition coefficient (Wildman–Crippen LogP) is 3.31. The van der Waals surface area contributed by atoms with Crippen LogP contribution in [-0.2, 0) is 20.3 Å². The van der Waals surface area contributed by atoms with Crippen LogP contribution in [-0.4, -0.2) is 22.7 Å². The van der Waals surface area contributed by atoms with Gasteiger partial charge >= 0.3 is 0 Å². The summed E-state index contributed by atoms with van der Waals surface area (Å²) in [4.78, 5) is 13.3. The Morgan fingerprint density at radius 3 is 2.18 bits per heavy atom. The molecule has 0 aromatic heterocycles. The first-order valence-corrected chi connectivity index (χ1v) is 8.36. The summed E-state index contributed by atoms with van der Waals surface area (Å²) in [6.45, 7) is 1.83. The maximum atomic E-state index is 12.5. The van der Waals surface area contributed by atoms with E-state index < -0.39 is 16.4 Å². The molecule has 2 aromatic rings. The largest absolute Gasteiger partial charge is 0.370 e. The summed E-state index contributed by atoms with van der Waals surface area (Å²) in [5, 5.41) is 0. The summed E-state index contributed by atoms with van der Waals surface area (Å²) >= 11 is 0. The van der Waals surface area contributed by atoms with Crippen molar-refractivity contribution < 1.29 is 13.7 Å². The fourth-order valence-electron chi connectivity index (χ4n) is 2.84. The number of ether oxygens (including phenoxy) is 1. The van der Waals surface area contributed by atoms with Crippen molar-refractivity contribution in [3.8, 4) is 0 Å². The minimum atomic E-state index is -1.18. The Morgan fingerprint density at radius 1 is 1.05 bits per heavy atom. The third-order valence-corrected chi connectivity index (χ3v) is 5.89. The van der Waals surface area contributed by atoms with Gasteiger partial charge in [0.05, 0.1) is 10.8 Å². The van der Waals surface area contributed by atoms with Crippen molar-refractivity contribution in [1.29, 1.82) is 0 Å². The molecule has 0 aliphatic heterocycles. The molecule has 0 bridgehead atoms. The normalized spacial score (nSPS) is 25.5. The molecule has 1 saturated carbocycles. The van der Waals surface area contributed by atoms with Crippen molar-refractivity contribution in [1.82, 2.24) is 0 Å². The van der Waals surface area contributed by atoms with Gasteiger partial charge in [0.25, 0.3) is 0 Å². The standard InChI is InChI=1S/C18H18O3S/c1-18(21-2)16(12-17(18)19)13-8-10-15(11-9-13)22(20)14-6-4-3-5-7-14/h3-11,16H,12H2,1-2H3/t16-,18-,22?/m1/s1. The minimum absolute atomic E-state index is 0.0733. The van der Waals surface area contributed by atoms with Crippen molar-refractivity contribution in [2.75, 3.05) is 7.11 Å². The number of methoxy groups -OCH3 is 1. The average Bonchev–Trinajstić information content (AvgIpc) is 2.59. The molecule has 1 aliphatic carbocycles. The fourth-order valence-corrected chi connectivity index (χ4v) is 3.90. The van der Waals surface area contributed by atoms with Crippen molar-refractivity contribution in [2.45, 2.75) is 34.7 Å². The van der Waals surface area contributed by atoms with Gasteiger partial charge in [-0.1, -0.05) is 30.3 Å². The van der Waals surface area contributed by atoms with Crippen LogP contribution in [0, 0.1) is 0 Å². The summed E-state index contributed by atoms with van der Waals surface area (Å²) in [5.74, 6) is 0.209. The van der Waals surface area contributed by atoms with Gasteiger partial charge < -0.3 is 4.74 Å². The lowest BCUT2D eigenvalue weighted by molar-refractivity contribution is -0.157. The zero-order chi connectivity index (χ0) is 15.7. The number of hydrogen-bond donors (Lipinski definition) is 0. The molecule has 0 radical (unpaired) electrons. The first-order valence-electron chi connectivity index (χ1n) is 7.21. The van der Waals surface area contributed by atoms with Crippen LogP contribution in [0.25, 0.3) is 0 Å². The maximum absolute atomic E-state index is 12.5. The Morgan fingerprint density at radius 2 is 1.64 bits per heavy atom. The second-order valence-corrected chi connectivity index (χ2v) is 7.12. The molecular weight excluding hydrogens is 296 g/mol. The number of benzene rings is 2. The summed E-state index contributed by atoms with van der Waals surface area (Å²) in [5.41, 5.74) is 0.331. The number of Topliss-reactive ketones (excluding diaryl/α,β-unsaturated/α-hetero) is 1. The molecular formula is C18H18O3S. The maximum Gasteiger partial charge on any atom is 0.165 e. The van der Waals surface area contributed by atoms with Gasteiger partial charge in [-0.05, 0) is 36.8 Å². The van der Waals surface area contributed by atoms with Gasteiger partial charge in [0.2, 0.25) is 0 Å². The van der Waals surface area contributed by atoms with Crippen molar-refractivity contribution in [3.05, 3.63) is 60.2 Å². The van der Waals surface area contributed by atoms with Gasteiger partial charge in [0.1, 0.15) is 5.60 Å². The van der Waals surface area contributed by atoms with Crippen molar-refractivity contribution in [2.24, 2.45) is 0 Å². The highest BCUT2D eigenvalue weighted by Crippen LogP contribution is 2.45. The lowest BCUT2D eigenvalue weighted by Crippen LogP contribution is -2.53. The van der Waals surface area contributed by atoms with E-state index in [0.717, 1.165) is 15.4 Å². The van der Waals surface area contributed by atoms with Crippen LogP contribution < -0.4 is 0 Å². The van der Waals surface area contributed by atoms with Gasteiger partial charge in [0, 0.05) is 29.2 Å². The highest BCUT2D eigenvalue weighted by atomic mass is 32.2. The Labute approximate surface area is 132 Å². The predicted molar refractivity (Wildman–Crippen MR) is 85.3 cm³/mol. The van der Waals surface area contributed by atoms with E-state index in [9.17, 15) is 9.00 Å². The summed E-state index contributed by atoms with van der Waals surface area (Å²) < 4.78 is 17.9. The molecule has 1 fully saturated rings. The second kappa shape index (κ2) is 5.78. The Hall–Kier alpha value is -1.78. The molecule has 3 atom stereocenters. The lowest BCUT2D eigenvalue weighted by Gasteiger charge is -2.44. The van der Waals surface area contributed by atoms with Gasteiger partial charge in [-0.25, -0.2) is 4.21 Å². The SMILES string of the molecule is CO[C@@]1(C)C(=O)C[C@@H]1c1ccc(S(=O)c2ccccc2)cc1. The Bertz CT molecular complexity index is 709. The second-order valence-electron chi connectivity index (χ2n) is 5.64. The summed E-state index contributed by atoms with van der Waals surface area (Å²) in [7, 11) is 0.394. The highest BCUT2D eigenvalue weighted by Gasteiger charge is 2.52. The fraction of sp³-hybridized carbons (Fsp3) is 0.278. The van der Waals surface area contributed by atoms with Gasteiger partial charge in [0.15, 0.2) is 5.78 Å². The van der Waals surface area contributed by atoms with E-state index in [1.165, 1.54) is 0 Å². The van der Waals surface area contributed by atoms with E-state index in [-0.39, 0.29) is 11.7 Å². The van der Waals surface area contributed by atoms with Gasteiger partial charge in [-0.2, -0.15) is 0 Å². The van der Waals surface area contributed by atoms with Crippen LogP contribution in [0.5, 0.6) is 0 Å². The number of ketones is 1. The molecule has 114 valence electrons. The van der Waals surface area contributed by atoms with Crippen LogP contribution in [0.15, 0.2) is 64.4 Å². The molecule has 22 heavy (non-hydrogen) atoms. The monoisotopic (exact) mass is 314 g/mol. The van der Waals surface area contributed by atoms with E-state index in [0.29, 0.717) is 6.42 Å². The van der Waals surface area contributed by atoms with E-state index in [2.05, 4.69) is 0 Å². The molecule has 3 rings (SSSR count). The summed E-state index contributed by atoms with van der Waals surface area (Å²) in [6, 6.07) is 17.0. The molecule has 0 saturated heterocycles. The topological polar surface area (TPSA) is 43.4 Å². The molecule has 1 unspecified atom stereocenters. The third-order valence-electron chi connectivity index (χ3n) is 4.49. The first-order chi connectivity index (χ1) is 10.6. The van der Waals surface area contributed by atoms with Crippen LogP contribution in [0.2, 0.25) is 0 Å². The molecule has 0 heterocycles. The number of rotatable bonds is 4. The van der Waals surface area contributed by atoms with Crippen molar-refractivity contribution >= 4 is 16.6 Å². The van der Waals surface area contributed by atoms with Crippen LogP contribution >= 0.6 is 0 Å². The lowest BCUT2D eigenvalue weighted by atomic mass is 9.66.